The van der Waals surface area contributed by atoms with Crippen LogP contribution in [-0.2, 0) is 16.0 Å². The number of benzene rings is 1. The number of hydrogen-bond acceptors (Lipinski definition) is 2. The highest BCUT2D eigenvalue weighted by molar-refractivity contribution is 5.83. The molecule has 0 spiro atoms. The molecule has 1 N–H and O–H groups in total. The van der Waals surface area contributed by atoms with Gasteiger partial charge in [-0.3, -0.25) is 9.59 Å². The van der Waals surface area contributed by atoms with E-state index in [2.05, 4.69) is 17.4 Å². The molecule has 4 nitrogen and oxygen atoms in total. The number of nitrogens with zero attached hydrogens (tertiary/aromatic N) is 1. The van der Waals surface area contributed by atoms with Gasteiger partial charge in [0, 0.05) is 25.6 Å². The Bertz CT molecular complexity index is 525. The van der Waals surface area contributed by atoms with Gasteiger partial charge in [-0.05, 0) is 37.7 Å². The summed E-state index contributed by atoms with van der Waals surface area (Å²) in [4.78, 5) is 26.3. The molecule has 1 atom stereocenters. The normalized spacial score (nSPS) is 21.5. The number of nitrogens with one attached hydrogen (secondary N) is 1. The molecule has 4 heteroatoms. The predicted octanol–water partition coefficient (Wildman–Crippen LogP) is 1.99. The first kappa shape index (κ1) is 15.1. The lowest BCUT2D eigenvalue weighted by molar-refractivity contribution is -0.136. The van der Waals surface area contributed by atoms with Crippen LogP contribution >= 0.6 is 0 Å². The van der Waals surface area contributed by atoms with Crippen LogP contribution in [0, 0.1) is 11.8 Å². The average Bonchev–Trinajstić information content (AvgIpc) is 3.40. The van der Waals surface area contributed by atoms with E-state index in [9.17, 15) is 9.59 Å². The van der Waals surface area contributed by atoms with Gasteiger partial charge in [0.1, 0.15) is 0 Å². The highest BCUT2D eigenvalue weighted by Gasteiger charge is 2.36. The highest BCUT2D eigenvalue weighted by Crippen LogP contribution is 2.32. The smallest absolute Gasteiger partial charge is 0.225 e. The van der Waals surface area contributed by atoms with E-state index >= 15 is 0 Å². The van der Waals surface area contributed by atoms with E-state index in [-0.39, 0.29) is 23.7 Å². The number of amides is 2. The quantitative estimate of drug-likeness (QED) is 0.904. The van der Waals surface area contributed by atoms with Crippen LogP contribution in [0.3, 0.4) is 0 Å². The number of rotatable bonds is 5. The van der Waals surface area contributed by atoms with E-state index < -0.39 is 0 Å². The highest BCUT2D eigenvalue weighted by atomic mass is 16.2. The van der Waals surface area contributed by atoms with E-state index in [1.807, 2.05) is 23.1 Å². The molecule has 3 rings (SSSR count). The first-order chi connectivity index (χ1) is 10.7. The van der Waals surface area contributed by atoms with Crippen molar-refractivity contribution in [3.63, 3.8) is 0 Å². The van der Waals surface area contributed by atoms with Gasteiger partial charge in [-0.25, -0.2) is 0 Å². The van der Waals surface area contributed by atoms with Crippen LogP contribution in [0.5, 0.6) is 0 Å². The fourth-order valence-corrected chi connectivity index (χ4v) is 3.10. The van der Waals surface area contributed by atoms with Crippen LogP contribution in [0.25, 0.3) is 0 Å². The second kappa shape index (κ2) is 6.95. The third-order valence-electron chi connectivity index (χ3n) is 4.59. The molecular formula is C18H24N2O2. The predicted molar refractivity (Wildman–Crippen MR) is 85.2 cm³/mol. The molecule has 2 aliphatic rings. The molecule has 0 radical (unpaired) electrons. The molecule has 1 aromatic carbocycles. The summed E-state index contributed by atoms with van der Waals surface area (Å²) < 4.78 is 0. The van der Waals surface area contributed by atoms with Gasteiger partial charge in [0.05, 0.1) is 5.92 Å². The van der Waals surface area contributed by atoms with Gasteiger partial charge in [-0.1, -0.05) is 30.3 Å². The SMILES string of the molecule is O=C(NCCc1ccccc1)[C@@H]1CCCN(C(=O)C2CC2)C1. The lowest BCUT2D eigenvalue weighted by Crippen LogP contribution is -2.46. The topological polar surface area (TPSA) is 49.4 Å². The van der Waals surface area contributed by atoms with Gasteiger partial charge >= 0.3 is 0 Å². The van der Waals surface area contributed by atoms with Crippen molar-refractivity contribution in [2.75, 3.05) is 19.6 Å². The van der Waals surface area contributed by atoms with Crippen molar-refractivity contribution in [3.8, 4) is 0 Å². The summed E-state index contributed by atoms with van der Waals surface area (Å²) >= 11 is 0. The minimum Gasteiger partial charge on any atom is -0.355 e. The first-order valence-corrected chi connectivity index (χ1v) is 8.34. The van der Waals surface area contributed by atoms with Gasteiger partial charge in [-0.15, -0.1) is 0 Å². The van der Waals surface area contributed by atoms with E-state index in [0.29, 0.717) is 13.1 Å². The minimum atomic E-state index is -0.0350. The van der Waals surface area contributed by atoms with Gasteiger partial charge in [0.25, 0.3) is 0 Å². The van der Waals surface area contributed by atoms with E-state index in [1.54, 1.807) is 0 Å². The summed E-state index contributed by atoms with van der Waals surface area (Å²) in [5.41, 5.74) is 1.23. The van der Waals surface area contributed by atoms with Crippen LogP contribution in [0.15, 0.2) is 30.3 Å². The molecule has 118 valence electrons. The lowest BCUT2D eigenvalue weighted by atomic mass is 9.96. The maximum atomic E-state index is 12.3. The second-order valence-corrected chi connectivity index (χ2v) is 6.42. The van der Waals surface area contributed by atoms with Crippen LogP contribution in [0.1, 0.15) is 31.2 Å². The lowest BCUT2D eigenvalue weighted by Gasteiger charge is -2.32. The van der Waals surface area contributed by atoms with Crippen LogP contribution in [-0.4, -0.2) is 36.3 Å². The van der Waals surface area contributed by atoms with Crippen molar-refractivity contribution in [2.24, 2.45) is 11.8 Å². The number of piperidine rings is 1. The Morgan fingerprint density at radius 3 is 2.59 bits per heavy atom. The summed E-state index contributed by atoms with van der Waals surface area (Å²) in [7, 11) is 0. The third-order valence-corrected chi connectivity index (χ3v) is 4.59. The Hall–Kier alpha value is -1.84. The number of carbonyl (C=O) groups excluding carboxylic acids is 2. The molecule has 22 heavy (non-hydrogen) atoms. The van der Waals surface area contributed by atoms with Crippen LogP contribution < -0.4 is 5.32 Å². The first-order valence-electron chi connectivity index (χ1n) is 8.34. The molecule has 2 fully saturated rings. The molecule has 1 aliphatic heterocycles. The average molecular weight is 300 g/mol. The fourth-order valence-electron chi connectivity index (χ4n) is 3.10. The van der Waals surface area contributed by atoms with Crippen LogP contribution in [0.2, 0.25) is 0 Å². The summed E-state index contributed by atoms with van der Waals surface area (Å²) in [5.74, 6) is 0.582. The van der Waals surface area contributed by atoms with Gasteiger partial charge < -0.3 is 10.2 Å². The number of likely N-dealkylation sites (tertiary alicyclic amines) is 1. The second-order valence-electron chi connectivity index (χ2n) is 6.42. The zero-order valence-electron chi connectivity index (χ0n) is 13.0. The monoisotopic (exact) mass is 300 g/mol. The van der Waals surface area contributed by atoms with Gasteiger partial charge in [0.15, 0.2) is 0 Å². The van der Waals surface area contributed by atoms with Crippen molar-refractivity contribution in [1.29, 1.82) is 0 Å². The molecule has 0 unspecified atom stereocenters. The zero-order chi connectivity index (χ0) is 15.4. The molecule has 2 amide bonds. The van der Waals surface area contributed by atoms with E-state index in [4.69, 9.17) is 0 Å². The van der Waals surface area contributed by atoms with Crippen molar-refractivity contribution >= 4 is 11.8 Å². The van der Waals surface area contributed by atoms with Crippen molar-refractivity contribution in [3.05, 3.63) is 35.9 Å². The third kappa shape index (κ3) is 3.87. The maximum Gasteiger partial charge on any atom is 0.225 e. The molecule has 1 saturated carbocycles. The summed E-state index contributed by atoms with van der Waals surface area (Å²) in [6.07, 6.45) is 4.75. The fraction of sp³-hybridized carbons (Fsp3) is 0.556. The molecule has 1 aliphatic carbocycles. The largest absolute Gasteiger partial charge is 0.355 e. The Morgan fingerprint density at radius 1 is 1.09 bits per heavy atom. The number of carbonyl (C=O) groups is 2. The van der Waals surface area contributed by atoms with Crippen molar-refractivity contribution < 1.29 is 9.59 Å². The van der Waals surface area contributed by atoms with Gasteiger partial charge in [-0.2, -0.15) is 0 Å². The molecule has 1 aromatic rings. The standard InChI is InChI=1S/C18H24N2O2/c21-17(19-11-10-14-5-2-1-3-6-14)16-7-4-12-20(13-16)18(22)15-8-9-15/h1-3,5-6,15-16H,4,7-13H2,(H,19,21)/t16-/m1/s1. The van der Waals surface area contributed by atoms with Crippen molar-refractivity contribution in [1.82, 2.24) is 10.2 Å². The summed E-state index contributed by atoms with van der Waals surface area (Å²) in [6.45, 7) is 2.09. The Morgan fingerprint density at radius 2 is 1.86 bits per heavy atom. The minimum absolute atomic E-state index is 0.0350. The Labute approximate surface area is 131 Å². The molecule has 0 bridgehead atoms. The summed E-state index contributed by atoms with van der Waals surface area (Å²) in [5, 5.41) is 3.03. The van der Waals surface area contributed by atoms with Gasteiger partial charge in [0.2, 0.25) is 11.8 Å². The summed E-state index contributed by atoms with van der Waals surface area (Å²) in [6, 6.07) is 10.2. The van der Waals surface area contributed by atoms with Crippen molar-refractivity contribution in [2.45, 2.75) is 32.1 Å². The van der Waals surface area contributed by atoms with E-state index in [0.717, 1.165) is 38.6 Å². The van der Waals surface area contributed by atoms with Crippen LogP contribution in [0.4, 0.5) is 0 Å². The number of hydrogen-bond donors (Lipinski definition) is 1. The molecule has 1 saturated heterocycles. The maximum absolute atomic E-state index is 12.3. The Kier molecular flexibility index (Phi) is 4.76. The van der Waals surface area contributed by atoms with E-state index in [1.165, 1.54) is 5.56 Å². The Balaban J connectivity index is 1.44. The zero-order valence-corrected chi connectivity index (χ0v) is 13.0. The molecular weight excluding hydrogens is 276 g/mol. The molecule has 1 heterocycles. The molecule has 0 aromatic heterocycles.